The summed E-state index contributed by atoms with van der Waals surface area (Å²) in [7, 11) is 5.75. The molecule has 0 saturated heterocycles. The molecule has 0 aliphatic carbocycles. The molecule has 1 heterocycles. The van der Waals surface area contributed by atoms with Crippen LogP contribution in [0.3, 0.4) is 0 Å². The highest BCUT2D eigenvalue weighted by atomic mass is 16.2. The molecule has 0 fully saturated rings. The second-order valence-electron chi connectivity index (χ2n) is 5.35. The van der Waals surface area contributed by atoms with Gasteiger partial charge in [0.1, 0.15) is 6.04 Å². The van der Waals surface area contributed by atoms with Crippen LogP contribution in [-0.4, -0.2) is 46.8 Å². The summed E-state index contributed by atoms with van der Waals surface area (Å²) < 4.78 is 1.63. The summed E-state index contributed by atoms with van der Waals surface area (Å²) in [6.07, 6.45) is 3.36. The maximum atomic E-state index is 11.9. The van der Waals surface area contributed by atoms with E-state index in [9.17, 15) is 4.79 Å². The Morgan fingerprint density at radius 3 is 2.67 bits per heavy atom. The third-order valence-corrected chi connectivity index (χ3v) is 3.27. The average Bonchev–Trinajstić information content (AvgIpc) is 2.71. The molecule has 3 N–H and O–H groups in total. The first kappa shape index (κ1) is 14.7. The van der Waals surface area contributed by atoms with Crippen molar-refractivity contribution in [2.75, 3.05) is 20.6 Å². The molecule has 0 saturated carbocycles. The number of nitrogens with one attached hydrogen (secondary N) is 1. The summed E-state index contributed by atoms with van der Waals surface area (Å²) in [5.74, 6) is -0.182. The van der Waals surface area contributed by atoms with Gasteiger partial charge >= 0.3 is 0 Å². The van der Waals surface area contributed by atoms with E-state index >= 15 is 0 Å². The zero-order valence-corrected chi connectivity index (χ0v) is 11.8. The molecule has 18 heavy (non-hydrogen) atoms. The number of nitrogens with two attached hydrogens (primary N) is 1. The Bertz CT molecular complexity index is 410. The molecule has 0 spiro atoms. The first-order valence-electron chi connectivity index (χ1n) is 5.93. The molecule has 0 aromatic carbocycles. The lowest BCUT2D eigenvalue weighted by molar-refractivity contribution is -0.123. The molecule has 0 aliphatic heterocycles. The van der Waals surface area contributed by atoms with Crippen LogP contribution < -0.4 is 11.1 Å². The fourth-order valence-electron chi connectivity index (χ4n) is 1.32. The van der Waals surface area contributed by atoms with Crippen LogP contribution in [0.1, 0.15) is 25.5 Å². The number of carbonyl (C=O) groups excluding carboxylic acids is 1. The van der Waals surface area contributed by atoms with E-state index in [0.29, 0.717) is 6.54 Å². The van der Waals surface area contributed by atoms with Gasteiger partial charge in [0.05, 0.1) is 6.20 Å². The molecule has 0 aliphatic rings. The Morgan fingerprint density at radius 1 is 1.61 bits per heavy atom. The van der Waals surface area contributed by atoms with Gasteiger partial charge in [-0.15, -0.1) is 0 Å². The minimum absolute atomic E-state index is 0.107. The molecule has 1 rings (SSSR count). The summed E-state index contributed by atoms with van der Waals surface area (Å²) in [6, 6.07) is -0.670. The Kier molecular flexibility index (Phi) is 4.48. The second-order valence-corrected chi connectivity index (χ2v) is 5.35. The van der Waals surface area contributed by atoms with Crippen LogP contribution in [0.15, 0.2) is 12.4 Å². The van der Waals surface area contributed by atoms with Crippen LogP contribution in [0, 0.1) is 0 Å². The van der Waals surface area contributed by atoms with E-state index in [4.69, 9.17) is 5.73 Å². The van der Waals surface area contributed by atoms with Crippen molar-refractivity contribution in [3.8, 4) is 0 Å². The number of nitrogens with zero attached hydrogens (tertiary/aromatic N) is 3. The van der Waals surface area contributed by atoms with Gasteiger partial charge in [-0.1, -0.05) is 0 Å². The van der Waals surface area contributed by atoms with Gasteiger partial charge in [-0.2, -0.15) is 5.10 Å². The van der Waals surface area contributed by atoms with E-state index in [1.165, 1.54) is 0 Å². The normalized spacial score (nSPS) is 13.7. The third kappa shape index (κ3) is 3.54. The zero-order valence-electron chi connectivity index (χ0n) is 11.8. The Morgan fingerprint density at radius 2 is 2.22 bits per heavy atom. The number of amides is 1. The number of aryl methyl sites for hydroxylation is 1. The average molecular weight is 253 g/mol. The molecule has 6 heteroatoms. The number of carbonyl (C=O) groups is 1. The zero-order chi connectivity index (χ0) is 13.9. The monoisotopic (exact) mass is 253 g/mol. The van der Waals surface area contributed by atoms with Crippen LogP contribution >= 0.6 is 0 Å². The molecule has 102 valence electrons. The SMILES string of the molecule is CN(C)C(C)(C)CNC(=O)C(N)c1cnn(C)c1. The predicted molar refractivity (Wildman–Crippen MR) is 70.9 cm³/mol. The molecule has 0 radical (unpaired) electrons. The van der Waals surface area contributed by atoms with Gasteiger partial charge in [-0.05, 0) is 27.9 Å². The molecule has 6 nitrogen and oxygen atoms in total. The number of hydrogen-bond acceptors (Lipinski definition) is 4. The molecule has 1 atom stereocenters. The van der Waals surface area contributed by atoms with Crippen molar-refractivity contribution >= 4 is 5.91 Å². The maximum Gasteiger partial charge on any atom is 0.241 e. The van der Waals surface area contributed by atoms with E-state index in [1.807, 2.05) is 14.1 Å². The molecular weight excluding hydrogens is 230 g/mol. The third-order valence-electron chi connectivity index (χ3n) is 3.27. The van der Waals surface area contributed by atoms with E-state index in [1.54, 1.807) is 24.1 Å². The predicted octanol–water partition coefficient (Wildman–Crippen LogP) is -0.124. The fourth-order valence-corrected chi connectivity index (χ4v) is 1.32. The number of rotatable bonds is 5. The standard InChI is InChI=1S/C12H23N5O/c1-12(2,16(3)4)8-14-11(18)10(13)9-6-15-17(5)7-9/h6-7,10H,8,13H2,1-5H3,(H,14,18). The van der Waals surface area contributed by atoms with Gasteiger partial charge in [0.2, 0.25) is 5.91 Å². The maximum absolute atomic E-state index is 11.9. The van der Waals surface area contributed by atoms with Crippen LogP contribution in [0.2, 0.25) is 0 Å². The van der Waals surface area contributed by atoms with E-state index in [0.717, 1.165) is 5.56 Å². The van der Waals surface area contributed by atoms with Gasteiger partial charge in [-0.25, -0.2) is 0 Å². The van der Waals surface area contributed by atoms with Crippen LogP contribution in [0.5, 0.6) is 0 Å². The molecule has 1 amide bonds. The first-order valence-corrected chi connectivity index (χ1v) is 5.93. The highest BCUT2D eigenvalue weighted by Crippen LogP contribution is 2.11. The summed E-state index contributed by atoms with van der Waals surface area (Å²) in [6.45, 7) is 4.67. The molecule has 1 aromatic rings. The van der Waals surface area contributed by atoms with Crippen LogP contribution in [0.25, 0.3) is 0 Å². The Hall–Kier alpha value is -1.40. The van der Waals surface area contributed by atoms with Gasteiger partial charge < -0.3 is 16.0 Å². The minimum atomic E-state index is -0.670. The topological polar surface area (TPSA) is 76.2 Å². The largest absolute Gasteiger partial charge is 0.353 e. The van der Waals surface area contributed by atoms with Gasteiger partial charge in [0.15, 0.2) is 0 Å². The molecule has 1 unspecified atom stereocenters. The smallest absolute Gasteiger partial charge is 0.241 e. The highest BCUT2D eigenvalue weighted by Gasteiger charge is 2.23. The van der Waals surface area contributed by atoms with Crippen molar-refractivity contribution in [3.63, 3.8) is 0 Å². The lowest BCUT2D eigenvalue weighted by Crippen LogP contribution is -2.49. The van der Waals surface area contributed by atoms with Crippen LogP contribution in [0.4, 0.5) is 0 Å². The van der Waals surface area contributed by atoms with E-state index < -0.39 is 6.04 Å². The summed E-state index contributed by atoms with van der Waals surface area (Å²) >= 11 is 0. The lowest BCUT2D eigenvalue weighted by Gasteiger charge is -2.32. The van der Waals surface area contributed by atoms with Crippen molar-refractivity contribution in [1.29, 1.82) is 0 Å². The number of hydrogen-bond donors (Lipinski definition) is 2. The van der Waals surface area contributed by atoms with E-state index in [2.05, 4.69) is 29.2 Å². The summed E-state index contributed by atoms with van der Waals surface area (Å²) in [4.78, 5) is 14.0. The van der Waals surface area contributed by atoms with Crippen LogP contribution in [-0.2, 0) is 11.8 Å². The van der Waals surface area contributed by atoms with Gasteiger partial charge in [-0.3, -0.25) is 9.48 Å². The Labute approximate surface area is 108 Å². The minimum Gasteiger partial charge on any atom is -0.353 e. The van der Waals surface area contributed by atoms with E-state index in [-0.39, 0.29) is 11.4 Å². The van der Waals surface area contributed by atoms with Crippen molar-refractivity contribution in [1.82, 2.24) is 20.0 Å². The summed E-state index contributed by atoms with van der Waals surface area (Å²) in [5, 5.41) is 6.87. The van der Waals surface area contributed by atoms with Crippen molar-refractivity contribution in [3.05, 3.63) is 18.0 Å². The lowest BCUT2D eigenvalue weighted by atomic mass is 10.0. The molecular formula is C12H23N5O. The Balaban J connectivity index is 2.56. The first-order chi connectivity index (χ1) is 8.24. The van der Waals surface area contributed by atoms with Crippen molar-refractivity contribution in [2.24, 2.45) is 12.8 Å². The highest BCUT2D eigenvalue weighted by molar-refractivity contribution is 5.82. The fraction of sp³-hybridized carbons (Fsp3) is 0.667. The molecule has 1 aromatic heterocycles. The molecule has 0 bridgehead atoms. The second kappa shape index (κ2) is 5.49. The van der Waals surface area contributed by atoms with Crippen molar-refractivity contribution < 1.29 is 4.79 Å². The van der Waals surface area contributed by atoms with Gasteiger partial charge in [0, 0.05) is 30.9 Å². The number of aromatic nitrogens is 2. The quantitative estimate of drug-likeness (QED) is 0.767. The summed E-state index contributed by atoms with van der Waals surface area (Å²) in [5.41, 5.74) is 6.49. The van der Waals surface area contributed by atoms with Crippen molar-refractivity contribution in [2.45, 2.75) is 25.4 Å². The van der Waals surface area contributed by atoms with Gasteiger partial charge in [0.25, 0.3) is 0 Å². The number of likely N-dealkylation sites (N-methyl/N-ethyl adjacent to an activating group) is 1.